The third-order valence-corrected chi connectivity index (χ3v) is 4.57. The molecule has 5 nitrogen and oxygen atoms in total. The monoisotopic (exact) mass is 341 g/mol. The summed E-state index contributed by atoms with van der Waals surface area (Å²) in [5.74, 6) is 1.97. The number of fused-ring (bicyclic) bond motifs is 1. The van der Waals surface area contributed by atoms with Gasteiger partial charge in [0.2, 0.25) is 0 Å². The Hall–Kier alpha value is -2.11. The maximum atomic E-state index is 5.84. The Morgan fingerprint density at radius 3 is 2.96 bits per heavy atom. The summed E-state index contributed by atoms with van der Waals surface area (Å²) < 4.78 is 10.9. The minimum atomic E-state index is 0.322. The maximum Gasteiger partial charge on any atom is 0.128 e. The molecular weight excluding hydrogens is 314 g/mol. The second-order valence-electron chi connectivity index (χ2n) is 6.40. The summed E-state index contributed by atoms with van der Waals surface area (Å²) in [6.07, 6.45) is 4.10. The Bertz CT molecular complexity index is 660. The maximum absolute atomic E-state index is 5.84. The first-order valence-electron chi connectivity index (χ1n) is 8.88. The predicted molar refractivity (Wildman–Crippen MR) is 100 cm³/mol. The van der Waals surface area contributed by atoms with E-state index in [2.05, 4.69) is 45.5 Å². The van der Waals surface area contributed by atoms with Gasteiger partial charge in [-0.2, -0.15) is 0 Å². The summed E-state index contributed by atoms with van der Waals surface area (Å²) in [6.45, 7) is 3.12. The van der Waals surface area contributed by atoms with Crippen molar-refractivity contribution in [2.45, 2.75) is 25.4 Å². The van der Waals surface area contributed by atoms with Crippen molar-refractivity contribution in [3.05, 3.63) is 53.7 Å². The van der Waals surface area contributed by atoms with Crippen LogP contribution in [0.3, 0.4) is 0 Å². The average molecular weight is 341 g/mol. The smallest absolute Gasteiger partial charge is 0.128 e. The number of nitrogens with one attached hydrogen (secondary N) is 1. The number of anilines is 1. The predicted octanol–water partition coefficient (Wildman–Crippen LogP) is 3.17. The van der Waals surface area contributed by atoms with Crippen LogP contribution < -0.4 is 15.0 Å². The molecule has 0 unspecified atom stereocenters. The van der Waals surface area contributed by atoms with Crippen molar-refractivity contribution in [2.24, 2.45) is 0 Å². The van der Waals surface area contributed by atoms with Gasteiger partial charge in [0.15, 0.2) is 0 Å². The lowest BCUT2D eigenvalue weighted by Crippen LogP contribution is -2.23. The van der Waals surface area contributed by atoms with Crippen LogP contribution in [0.5, 0.6) is 5.75 Å². The van der Waals surface area contributed by atoms with Crippen molar-refractivity contribution < 1.29 is 9.47 Å². The SMILES string of the molecule is COCCN(C)c1ccc(CN[C@H]2CCCOc3ccccc32)cn1. The van der Waals surface area contributed by atoms with Gasteiger partial charge in [0, 0.05) is 45.0 Å². The third-order valence-electron chi connectivity index (χ3n) is 4.57. The molecule has 1 aliphatic heterocycles. The summed E-state index contributed by atoms with van der Waals surface area (Å²) in [5, 5.41) is 3.66. The molecule has 1 N–H and O–H groups in total. The highest BCUT2D eigenvalue weighted by Gasteiger charge is 2.18. The first-order chi connectivity index (χ1) is 12.3. The number of pyridine rings is 1. The Kier molecular flexibility index (Phi) is 6.25. The van der Waals surface area contributed by atoms with E-state index in [-0.39, 0.29) is 0 Å². The lowest BCUT2D eigenvalue weighted by Gasteiger charge is -2.19. The standard InChI is InChI=1S/C20H27N3O2/c1-23(11-13-24-2)20-10-9-16(15-22-20)14-21-18-7-5-12-25-19-8-4-3-6-17(18)19/h3-4,6,8-10,15,18,21H,5,7,11-14H2,1-2H3/t18-/m0/s1. The highest BCUT2D eigenvalue weighted by Crippen LogP contribution is 2.31. The van der Waals surface area contributed by atoms with Crippen LogP contribution in [0, 0.1) is 0 Å². The van der Waals surface area contributed by atoms with Crippen molar-refractivity contribution >= 4 is 5.82 Å². The second-order valence-corrected chi connectivity index (χ2v) is 6.40. The zero-order valence-electron chi connectivity index (χ0n) is 15.1. The molecule has 0 aliphatic carbocycles. The van der Waals surface area contributed by atoms with Crippen molar-refractivity contribution in [1.82, 2.24) is 10.3 Å². The number of hydrogen-bond donors (Lipinski definition) is 1. The van der Waals surface area contributed by atoms with E-state index in [9.17, 15) is 0 Å². The number of benzene rings is 1. The summed E-state index contributed by atoms with van der Waals surface area (Å²) in [7, 11) is 3.74. The number of rotatable bonds is 7. The number of aromatic nitrogens is 1. The summed E-state index contributed by atoms with van der Waals surface area (Å²) in [5.41, 5.74) is 2.44. The van der Waals surface area contributed by atoms with Crippen molar-refractivity contribution in [2.75, 3.05) is 38.8 Å². The van der Waals surface area contributed by atoms with E-state index < -0.39 is 0 Å². The molecule has 0 amide bonds. The highest BCUT2D eigenvalue weighted by molar-refractivity contribution is 5.39. The summed E-state index contributed by atoms with van der Waals surface area (Å²) in [4.78, 5) is 6.66. The van der Waals surface area contributed by atoms with Crippen LogP contribution in [0.15, 0.2) is 42.6 Å². The van der Waals surface area contributed by atoms with Crippen LogP contribution in [0.1, 0.15) is 30.0 Å². The molecule has 0 saturated carbocycles. The molecule has 2 heterocycles. The fourth-order valence-electron chi connectivity index (χ4n) is 3.07. The highest BCUT2D eigenvalue weighted by atomic mass is 16.5. The minimum absolute atomic E-state index is 0.322. The van der Waals surface area contributed by atoms with Gasteiger partial charge >= 0.3 is 0 Å². The number of hydrogen-bond acceptors (Lipinski definition) is 5. The molecule has 1 aromatic carbocycles. The van der Waals surface area contributed by atoms with E-state index in [0.717, 1.165) is 44.1 Å². The molecule has 2 aromatic rings. The van der Waals surface area contributed by atoms with E-state index >= 15 is 0 Å². The quantitative estimate of drug-likeness (QED) is 0.838. The van der Waals surface area contributed by atoms with E-state index in [0.29, 0.717) is 12.6 Å². The lowest BCUT2D eigenvalue weighted by molar-refractivity contribution is 0.206. The van der Waals surface area contributed by atoms with Gasteiger partial charge in [-0.15, -0.1) is 0 Å². The molecule has 0 radical (unpaired) electrons. The van der Waals surface area contributed by atoms with Crippen molar-refractivity contribution in [3.63, 3.8) is 0 Å². The van der Waals surface area contributed by atoms with Gasteiger partial charge in [-0.1, -0.05) is 24.3 Å². The Balaban J connectivity index is 1.60. The molecule has 1 aliphatic rings. The number of para-hydroxylation sites is 1. The average Bonchev–Trinajstić information content (AvgIpc) is 2.87. The van der Waals surface area contributed by atoms with Gasteiger partial charge in [0.1, 0.15) is 11.6 Å². The Labute approximate surface area is 150 Å². The number of likely N-dealkylation sites (N-methyl/N-ethyl adjacent to an activating group) is 1. The fourth-order valence-corrected chi connectivity index (χ4v) is 3.07. The number of methoxy groups -OCH3 is 1. The van der Waals surface area contributed by atoms with Crippen LogP contribution in [-0.2, 0) is 11.3 Å². The van der Waals surface area contributed by atoms with Crippen LogP contribution in [-0.4, -0.2) is 38.9 Å². The largest absolute Gasteiger partial charge is 0.493 e. The van der Waals surface area contributed by atoms with Gasteiger partial charge < -0.3 is 19.7 Å². The molecule has 0 spiro atoms. The number of nitrogens with zero attached hydrogens (tertiary/aromatic N) is 2. The molecule has 1 aromatic heterocycles. The summed E-state index contributed by atoms with van der Waals surface area (Å²) >= 11 is 0. The minimum Gasteiger partial charge on any atom is -0.493 e. The third kappa shape index (κ3) is 4.71. The number of ether oxygens (including phenoxy) is 2. The first-order valence-corrected chi connectivity index (χ1v) is 8.88. The Morgan fingerprint density at radius 2 is 2.16 bits per heavy atom. The van der Waals surface area contributed by atoms with Crippen LogP contribution in [0.4, 0.5) is 5.82 Å². The topological polar surface area (TPSA) is 46.6 Å². The van der Waals surface area contributed by atoms with E-state index in [1.807, 2.05) is 19.3 Å². The van der Waals surface area contributed by atoms with E-state index in [1.54, 1.807) is 7.11 Å². The molecule has 0 bridgehead atoms. The van der Waals surface area contributed by atoms with Gasteiger partial charge in [0.05, 0.1) is 13.2 Å². The Morgan fingerprint density at radius 1 is 1.28 bits per heavy atom. The van der Waals surface area contributed by atoms with Crippen LogP contribution >= 0.6 is 0 Å². The van der Waals surface area contributed by atoms with E-state index in [1.165, 1.54) is 11.1 Å². The molecule has 1 atom stereocenters. The van der Waals surface area contributed by atoms with Crippen LogP contribution in [0.25, 0.3) is 0 Å². The van der Waals surface area contributed by atoms with Crippen molar-refractivity contribution in [3.8, 4) is 5.75 Å². The van der Waals surface area contributed by atoms with Crippen LogP contribution in [0.2, 0.25) is 0 Å². The molecular formula is C20H27N3O2. The fraction of sp³-hybridized carbons (Fsp3) is 0.450. The van der Waals surface area contributed by atoms with Gasteiger partial charge in [-0.25, -0.2) is 4.98 Å². The molecule has 3 rings (SSSR count). The second kappa shape index (κ2) is 8.83. The van der Waals surface area contributed by atoms with Gasteiger partial charge in [0.25, 0.3) is 0 Å². The zero-order chi connectivity index (χ0) is 17.5. The van der Waals surface area contributed by atoms with E-state index in [4.69, 9.17) is 9.47 Å². The van der Waals surface area contributed by atoms with Crippen molar-refractivity contribution in [1.29, 1.82) is 0 Å². The molecule has 0 fully saturated rings. The normalized spacial score (nSPS) is 16.6. The zero-order valence-corrected chi connectivity index (χ0v) is 15.1. The van der Waals surface area contributed by atoms with Gasteiger partial charge in [-0.05, 0) is 30.5 Å². The van der Waals surface area contributed by atoms with Gasteiger partial charge in [-0.3, -0.25) is 0 Å². The lowest BCUT2D eigenvalue weighted by atomic mass is 10.0. The molecule has 0 saturated heterocycles. The molecule has 5 heteroatoms. The molecule has 134 valence electrons. The summed E-state index contributed by atoms with van der Waals surface area (Å²) in [6, 6.07) is 12.8. The first kappa shape index (κ1) is 17.7. The molecule has 25 heavy (non-hydrogen) atoms.